The van der Waals surface area contributed by atoms with Crippen LogP contribution < -0.4 is 5.32 Å². The van der Waals surface area contributed by atoms with E-state index in [1.807, 2.05) is 30.3 Å². The summed E-state index contributed by atoms with van der Waals surface area (Å²) in [5.41, 5.74) is 3.46. The van der Waals surface area contributed by atoms with E-state index in [1.54, 1.807) is 0 Å². The first-order valence-electron chi connectivity index (χ1n) is 10.7. The van der Waals surface area contributed by atoms with Crippen molar-refractivity contribution < 1.29 is 18.5 Å². The molecule has 8 heteroatoms. The van der Waals surface area contributed by atoms with Gasteiger partial charge in [-0.25, -0.2) is 0 Å². The summed E-state index contributed by atoms with van der Waals surface area (Å²) in [5.74, 6) is 1.31. The van der Waals surface area contributed by atoms with Crippen LogP contribution >= 0.6 is 8.25 Å². The first kappa shape index (κ1) is 23.2. The van der Waals surface area contributed by atoms with Crippen LogP contribution in [0.4, 0.5) is 0 Å². The molecule has 0 spiro atoms. The van der Waals surface area contributed by atoms with Crippen molar-refractivity contribution in [2.75, 3.05) is 13.2 Å². The zero-order valence-electron chi connectivity index (χ0n) is 17.6. The highest BCUT2D eigenvalue weighted by Crippen LogP contribution is 2.18. The Kier molecular flexibility index (Phi) is 9.80. The van der Waals surface area contributed by atoms with E-state index < -0.39 is 8.25 Å². The van der Waals surface area contributed by atoms with Crippen molar-refractivity contribution in [3.63, 3.8) is 0 Å². The van der Waals surface area contributed by atoms with Crippen LogP contribution in [0.15, 0.2) is 59.1 Å². The van der Waals surface area contributed by atoms with Gasteiger partial charge in [-0.15, -0.1) is 9.42 Å². The fraction of sp³-hybridized carbons (Fsp3) is 0.391. The molecule has 1 aromatic heterocycles. The van der Waals surface area contributed by atoms with Crippen molar-refractivity contribution >= 4 is 8.25 Å². The van der Waals surface area contributed by atoms with E-state index in [0.29, 0.717) is 31.2 Å². The smallest absolute Gasteiger partial charge is 0.339 e. The lowest BCUT2D eigenvalue weighted by Crippen LogP contribution is -2.15. The summed E-state index contributed by atoms with van der Waals surface area (Å²) >= 11 is 0. The zero-order chi connectivity index (χ0) is 21.7. The topological polar surface area (TPSA) is 97.5 Å². The van der Waals surface area contributed by atoms with Crippen LogP contribution in [0.5, 0.6) is 0 Å². The third-order valence-electron chi connectivity index (χ3n) is 4.91. The Morgan fingerprint density at radius 2 is 1.71 bits per heavy atom. The van der Waals surface area contributed by atoms with Crippen molar-refractivity contribution in [1.82, 2.24) is 15.5 Å². The van der Waals surface area contributed by atoms with Gasteiger partial charge in [0.2, 0.25) is 11.7 Å². The van der Waals surface area contributed by atoms with Crippen LogP contribution in [0.25, 0.3) is 11.4 Å². The maximum absolute atomic E-state index is 10.4. The van der Waals surface area contributed by atoms with Crippen molar-refractivity contribution in [2.24, 2.45) is 0 Å². The largest absolute Gasteiger partial charge is 0.694 e. The zero-order valence-corrected chi connectivity index (χ0v) is 18.5. The van der Waals surface area contributed by atoms with Crippen molar-refractivity contribution in [3.8, 4) is 11.4 Å². The second kappa shape index (κ2) is 13.1. The minimum atomic E-state index is -2.50. The molecule has 2 N–H and O–H groups in total. The number of hydrogen-bond donors (Lipinski definition) is 2. The first-order chi connectivity index (χ1) is 15.2. The van der Waals surface area contributed by atoms with E-state index >= 15 is 0 Å². The highest BCUT2D eigenvalue weighted by molar-refractivity contribution is 7.32. The molecule has 0 aliphatic rings. The lowest BCUT2D eigenvalue weighted by atomic mass is 10.1. The summed E-state index contributed by atoms with van der Waals surface area (Å²) < 4.78 is 20.4. The third kappa shape index (κ3) is 8.67. The maximum atomic E-state index is 10.4. The summed E-state index contributed by atoms with van der Waals surface area (Å²) in [7, 11) is -2.50. The molecule has 31 heavy (non-hydrogen) atoms. The highest BCUT2D eigenvalue weighted by atomic mass is 31.1. The van der Waals surface area contributed by atoms with Gasteiger partial charge in [-0.2, -0.15) is 4.98 Å². The molecule has 3 rings (SSSR count). The molecule has 0 radical (unpaired) electrons. The van der Waals surface area contributed by atoms with E-state index in [-0.39, 0.29) is 6.61 Å². The maximum Gasteiger partial charge on any atom is 0.694 e. The SMILES string of the molecule is O=[P+](O)OCCCNCc1ccc(-c2noc(CCCCCc3ccccc3)n2)cc1. The van der Waals surface area contributed by atoms with E-state index in [1.165, 1.54) is 5.56 Å². The monoisotopic (exact) mass is 442 g/mol. The molecule has 0 aliphatic carbocycles. The van der Waals surface area contributed by atoms with Crippen LogP contribution in [0, 0.1) is 0 Å². The van der Waals surface area contributed by atoms with Crippen molar-refractivity contribution in [1.29, 1.82) is 0 Å². The van der Waals surface area contributed by atoms with Gasteiger partial charge >= 0.3 is 8.25 Å². The molecular weight excluding hydrogens is 413 g/mol. The number of unbranched alkanes of at least 4 members (excludes halogenated alkanes) is 2. The van der Waals surface area contributed by atoms with Gasteiger partial charge in [0.1, 0.15) is 6.61 Å². The number of benzene rings is 2. The molecule has 164 valence electrons. The lowest BCUT2D eigenvalue weighted by molar-refractivity contribution is 0.276. The summed E-state index contributed by atoms with van der Waals surface area (Å²) in [6.45, 7) is 1.70. The minimum absolute atomic E-state index is 0.269. The van der Waals surface area contributed by atoms with Crippen LogP contribution in [-0.2, 0) is 28.5 Å². The van der Waals surface area contributed by atoms with Crippen molar-refractivity contribution in [3.05, 3.63) is 71.6 Å². The van der Waals surface area contributed by atoms with Crippen LogP contribution in [0.3, 0.4) is 0 Å². The van der Waals surface area contributed by atoms with Gasteiger partial charge in [0.25, 0.3) is 0 Å². The molecule has 7 nitrogen and oxygen atoms in total. The molecule has 3 aromatic rings. The molecule has 0 fully saturated rings. The predicted octanol–water partition coefficient (Wildman–Crippen LogP) is 4.84. The Morgan fingerprint density at radius 1 is 0.935 bits per heavy atom. The van der Waals surface area contributed by atoms with E-state index in [9.17, 15) is 4.57 Å². The predicted molar refractivity (Wildman–Crippen MR) is 120 cm³/mol. The molecule has 1 heterocycles. The Hall–Kier alpha value is -2.44. The summed E-state index contributed by atoms with van der Waals surface area (Å²) in [6, 6.07) is 18.6. The minimum Gasteiger partial charge on any atom is -0.339 e. The summed E-state index contributed by atoms with van der Waals surface area (Å²) in [6.07, 6.45) is 5.93. The number of rotatable bonds is 14. The van der Waals surface area contributed by atoms with Crippen molar-refractivity contribution in [2.45, 2.75) is 45.1 Å². The van der Waals surface area contributed by atoms with Gasteiger partial charge in [-0.3, -0.25) is 0 Å². The highest BCUT2D eigenvalue weighted by Gasteiger charge is 2.10. The molecule has 2 aromatic carbocycles. The fourth-order valence-corrected chi connectivity index (χ4v) is 3.53. The Bertz CT molecular complexity index is 916. The Morgan fingerprint density at radius 3 is 2.48 bits per heavy atom. The molecule has 0 saturated carbocycles. The number of aryl methyl sites for hydroxylation is 2. The number of nitrogens with one attached hydrogen (secondary N) is 1. The molecule has 0 aliphatic heterocycles. The Balaban J connectivity index is 1.34. The van der Waals surface area contributed by atoms with Gasteiger partial charge in [0.15, 0.2) is 0 Å². The van der Waals surface area contributed by atoms with E-state index in [0.717, 1.165) is 43.2 Å². The summed E-state index contributed by atoms with van der Waals surface area (Å²) in [5, 5.41) is 7.39. The van der Waals surface area contributed by atoms with Gasteiger partial charge in [-0.1, -0.05) is 66.2 Å². The number of aromatic nitrogens is 2. The van der Waals surface area contributed by atoms with Gasteiger partial charge in [0.05, 0.1) is 0 Å². The third-order valence-corrected chi connectivity index (χ3v) is 5.31. The molecule has 0 bridgehead atoms. The number of hydrogen-bond acceptors (Lipinski definition) is 6. The van der Waals surface area contributed by atoms with Crippen LogP contribution in [-0.4, -0.2) is 28.2 Å². The fourth-order valence-electron chi connectivity index (χ4n) is 3.24. The second-order valence-electron chi connectivity index (χ2n) is 7.36. The van der Waals surface area contributed by atoms with Crippen LogP contribution in [0.1, 0.15) is 42.7 Å². The quantitative estimate of drug-likeness (QED) is 0.272. The van der Waals surface area contributed by atoms with Crippen LogP contribution in [0.2, 0.25) is 0 Å². The lowest BCUT2D eigenvalue weighted by Gasteiger charge is -2.04. The number of nitrogens with zero attached hydrogens (tertiary/aromatic N) is 2. The van der Waals surface area contributed by atoms with Gasteiger partial charge < -0.3 is 9.84 Å². The van der Waals surface area contributed by atoms with Gasteiger partial charge in [0, 0.05) is 23.1 Å². The molecule has 1 atom stereocenters. The molecular formula is C23H29N3O4P+. The Labute approximate surface area is 183 Å². The summed E-state index contributed by atoms with van der Waals surface area (Å²) in [4.78, 5) is 13.1. The van der Waals surface area contributed by atoms with E-state index in [2.05, 4.69) is 44.2 Å². The standard InChI is InChI=1S/C23H28N3O4P/c27-31(28)29-17-7-16-24-18-20-12-14-21(15-13-20)23-25-22(30-26-23)11-6-2-5-10-19-8-3-1-4-9-19/h1,3-4,8-9,12-15,24H,2,5-7,10-11,16-18H2/p+1. The van der Waals surface area contributed by atoms with E-state index in [4.69, 9.17) is 9.42 Å². The molecule has 0 amide bonds. The first-order valence-corrected chi connectivity index (χ1v) is 11.8. The average molecular weight is 442 g/mol. The van der Waals surface area contributed by atoms with Gasteiger partial charge in [-0.05, 0) is 43.4 Å². The molecule has 0 saturated heterocycles. The normalized spacial score (nSPS) is 11.6. The average Bonchev–Trinajstić information content (AvgIpc) is 3.26. The molecule has 1 unspecified atom stereocenters. The second-order valence-corrected chi connectivity index (χ2v) is 8.09.